The summed E-state index contributed by atoms with van der Waals surface area (Å²) in [7, 11) is -3.63. The lowest BCUT2D eigenvalue weighted by Crippen LogP contribution is -2.35. The Hall–Kier alpha value is -2.97. The highest BCUT2D eigenvalue weighted by Crippen LogP contribution is 2.40. The van der Waals surface area contributed by atoms with Crippen molar-refractivity contribution in [2.75, 3.05) is 13.1 Å². The Balaban J connectivity index is 1.19. The third-order valence-corrected chi connectivity index (χ3v) is 9.24. The van der Waals surface area contributed by atoms with E-state index in [0.717, 1.165) is 25.7 Å². The fourth-order valence-electron chi connectivity index (χ4n) is 5.69. The molecule has 0 bridgehead atoms. The molecule has 34 heavy (non-hydrogen) atoms. The van der Waals surface area contributed by atoms with Gasteiger partial charge in [-0.2, -0.15) is 4.31 Å². The number of carbonyl (C=O) groups is 2. The molecule has 1 heterocycles. The number of nitrogens with zero attached hydrogens (tertiary/aromatic N) is 1. The van der Waals surface area contributed by atoms with Crippen molar-refractivity contribution in [3.63, 3.8) is 0 Å². The highest BCUT2D eigenvalue weighted by Gasteiger charge is 2.45. The quantitative estimate of drug-likeness (QED) is 0.622. The van der Waals surface area contributed by atoms with E-state index in [4.69, 9.17) is 0 Å². The summed E-state index contributed by atoms with van der Waals surface area (Å²) < 4.78 is 27.9. The van der Waals surface area contributed by atoms with Gasteiger partial charge in [-0.25, -0.2) is 8.42 Å². The van der Waals surface area contributed by atoms with Crippen LogP contribution in [-0.4, -0.2) is 49.7 Å². The van der Waals surface area contributed by atoms with Crippen molar-refractivity contribution >= 4 is 21.8 Å². The van der Waals surface area contributed by atoms with Crippen LogP contribution in [0.4, 0.5) is 0 Å². The highest BCUT2D eigenvalue weighted by atomic mass is 32.2. The molecule has 2 unspecified atom stereocenters. The van der Waals surface area contributed by atoms with Crippen molar-refractivity contribution in [2.45, 2.75) is 42.7 Å². The average molecular weight is 480 g/mol. The van der Waals surface area contributed by atoms with Gasteiger partial charge in [-0.1, -0.05) is 30.8 Å². The number of rotatable bonds is 6. The van der Waals surface area contributed by atoms with Gasteiger partial charge in [0.1, 0.15) is 0 Å². The van der Waals surface area contributed by atoms with Crippen LogP contribution in [0.25, 0.3) is 0 Å². The number of benzene rings is 2. The van der Waals surface area contributed by atoms with Gasteiger partial charge in [0.05, 0.1) is 4.90 Å². The Bertz CT molecular complexity index is 1190. The maximum Gasteiger partial charge on any atom is 0.251 e. The lowest BCUT2D eigenvalue weighted by atomic mass is 10.0. The zero-order valence-corrected chi connectivity index (χ0v) is 19.8. The van der Waals surface area contributed by atoms with Crippen molar-refractivity contribution in [1.82, 2.24) is 14.9 Å². The maximum absolute atomic E-state index is 13.2. The smallest absolute Gasteiger partial charge is 0.251 e. The van der Waals surface area contributed by atoms with Crippen LogP contribution >= 0.6 is 0 Å². The van der Waals surface area contributed by atoms with E-state index in [2.05, 4.69) is 29.3 Å². The molecule has 3 aliphatic rings. The molecule has 178 valence electrons. The van der Waals surface area contributed by atoms with E-state index in [0.29, 0.717) is 18.7 Å². The second-order valence-corrected chi connectivity index (χ2v) is 11.5. The molecular weight excluding hydrogens is 450 g/mol. The summed E-state index contributed by atoms with van der Waals surface area (Å²) in [4.78, 5) is 24.5. The average Bonchev–Trinajstić information content (AvgIpc) is 3.51. The fourth-order valence-corrected chi connectivity index (χ4v) is 7.24. The predicted molar refractivity (Wildman–Crippen MR) is 129 cm³/mol. The van der Waals surface area contributed by atoms with Crippen LogP contribution in [0.2, 0.25) is 0 Å². The van der Waals surface area contributed by atoms with Crippen molar-refractivity contribution < 1.29 is 18.0 Å². The number of amides is 2. The van der Waals surface area contributed by atoms with Crippen LogP contribution in [0.1, 0.15) is 34.3 Å². The van der Waals surface area contributed by atoms with Crippen molar-refractivity contribution in [2.24, 2.45) is 11.8 Å². The predicted octanol–water partition coefficient (Wildman–Crippen LogP) is 2.29. The van der Waals surface area contributed by atoms with Gasteiger partial charge < -0.3 is 10.6 Å². The first-order valence-corrected chi connectivity index (χ1v) is 13.2. The first-order chi connectivity index (χ1) is 16.3. The molecule has 2 N–H and O–H groups in total. The lowest BCUT2D eigenvalue weighted by molar-refractivity contribution is -0.117. The number of nitrogens with one attached hydrogen (secondary N) is 2. The monoisotopic (exact) mass is 479 g/mol. The Morgan fingerprint density at radius 1 is 0.882 bits per heavy atom. The zero-order valence-electron chi connectivity index (χ0n) is 18.9. The molecule has 0 spiro atoms. The van der Waals surface area contributed by atoms with Gasteiger partial charge in [-0.15, -0.1) is 0 Å². The van der Waals surface area contributed by atoms with E-state index in [1.165, 1.54) is 29.3 Å². The number of hydrogen-bond acceptors (Lipinski definition) is 4. The lowest BCUT2D eigenvalue weighted by Gasteiger charge is -2.19. The van der Waals surface area contributed by atoms with Gasteiger partial charge in [-0.05, 0) is 79.0 Å². The molecule has 2 aromatic carbocycles. The normalized spacial score (nSPS) is 24.4. The van der Waals surface area contributed by atoms with E-state index in [1.807, 2.05) is 12.1 Å². The molecule has 2 aliphatic carbocycles. The van der Waals surface area contributed by atoms with Gasteiger partial charge in [0.2, 0.25) is 15.9 Å². The number of sulfonamides is 1. The van der Waals surface area contributed by atoms with Gasteiger partial charge >= 0.3 is 0 Å². The molecule has 7 nitrogen and oxygen atoms in total. The molecule has 2 fully saturated rings. The SMILES string of the molecule is C=CC(=O)NC1CC2CN(S(=O)(=O)c3ccc(C(=O)NC4Cc5ccccc5C4)cc3)CC2C1. The Morgan fingerprint density at radius 2 is 1.47 bits per heavy atom. The van der Waals surface area contributed by atoms with Crippen LogP contribution in [0, 0.1) is 11.8 Å². The molecular formula is C26H29N3O4S. The molecule has 0 radical (unpaired) electrons. The standard InChI is InChI=1S/C26H29N3O4S/c1-2-25(30)27-22-13-20-15-29(16-21(20)14-22)34(32,33)24-9-7-17(8-10-24)26(31)28-23-11-18-5-3-4-6-19(18)12-23/h2-10,20-23H,1,11-16H2,(H,27,30)(H,28,31). The van der Waals surface area contributed by atoms with Crippen molar-refractivity contribution in [1.29, 1.82) is 0 Å². The van der Waals surface area contributed by atoms with Crippen molar-refractivity contribution in [3.8, 4) is 0 Å². The third kappa shape index (κ3) is 4.40. The number of carbonyl (C=O) groups excluding carboxylic acids is 2. The van der Waals surface area contributed by atoms with Crippen LogP contribution < -0.4 is 10.6 Å². The molecule has 2 aromatic rings. The van der Waals surface area contributed by atoms with E-state index < -0.39 is 10.0 Å². The molecule has 1 aliphatic heterocycles. The molecule has 2 atom stereocenters. The summed E-state index contributed by atoms with van der Waals surface area (Å²) in [6, 6.07) is 14.5. The topological polar surface area (TPSA) is 95.6 Å². The van der Waals surface area contributed by atoms with Gasteiger partial charge in [0, 0.05) is 30.7 Å². The van der Waals surface area contributed by atoms with Gasteiger partial charge in [0.25, 0.3) is 5.91 Å². The largest absolute Gasteiger partial charge is 0.350 e. The van der Waals surface area contributed by atoms with E-state index in [9.17, 15) is 18.0 Å². The maximum atomic E-state index is 13.2. The minimum Gasteiger partial charge on any atom is -0.350 e. The Labute approximate surface area is 200 Å². The summed E-state index contributed by atoms with van der Waals surface area (Å²) in [5, 5.41) is 6.00. The summed E-state index contributed by atoms with van der Waals surface area (Å²) in [6.07, 6.45) is 4.44. The molecule has 2 amide bonds. The molecule has 5 rings (SSSR count). The molecule has 1 saturated carbocycles. The minimum absolute atomic E-state index is 0.0532. The first kappa shape index (κ1) is 22.8. The summed E-state index contributed by atoms with van der Waals surface area (Å²) in [5.74, 6) is 0.108. The zero-order chi connectivity index (χ0) is 23.9. The summed E-state index contributed by atoms with van der Waals surface area (Å²) in [5.41, 5.74) is 2.98. The third-order valence-electron chi connectivity index (χ3n) is 7.39. The summed E-state index contributed by atoms with van der Waals surface area (Å²) in [6.45, 7) is 4.39. The van der Waals surface area contributed by atoms with Gasteiger partial charge in [0.15, 0.2) is 0 Å². The van der Waals surface area contributed by atoms with Crippen LogP contribution in [-0.2, 0) is 27.7 Å². The Morgan fingerprint density at radius 3 is 2.03 bits per heavy atom. The van der Waals surface area contributed by atoms with E-state index in [-0.39, 0.29) is 40.6 Å². The van der Waals surface area contributed by atoms with Crippen LogP contribution in [0.3, 0.4) is 0 Å². The van der Waals surface area contributed by atoms with Crippen LogP contribution in [0.5, 0.6) is 0 Å². The second kappa shape index (κ2) is 9.00. The molecule has 1 saturated heterocycles. The molecule has 8 heteroatoms. The highest BCUT2D eigenvalue weighted by molar-refractivity contribution is 7.89. The van der Waals surface area contributed by atoms with Crippen LogP contribution in [0.15, 0.2) is 66.1 Å². The number of hydrogen-bond donors (Lipinski definition) is 2. The van der Waals surface area contributed by atoms with Crippen molar-refractivity contribution in [3.05, 3.63) is 77.9 Å². The fraction of sp³-hybridized carbons (Fsp3) is 0.385. The van der Waals surface area contributed by atoms with Gasteiger partial charge in [-0.3, -0.25) is 9.59 Å². The first-order valence-electron chi connectivity index (χ1n) is 11.7. The van der Waals surface area contributed by atoms with E-state index >= 15 is 0 Å². The summed E-state index contributed by atoms with van der Waals surface area (Å²) >= 11 is 0. The molecule has 0 aromatic heterocycles. The second-order valence-electron chi connectivity index (χ2n) is 9.59. The Kier molecular flexibility index (Phi) is 6.04. The van der Waals surface area contributed by atoms with E-state index in [1.54, 1.807) is 16.4 Å². The number of fused-ring (bicyclic) bond motifs is 2. The minimum atomic E-state index is -3.63.